The molecule has 0 radical (unpaired) electrons. The molecule has 1 rings (SSSR count). The molecule has 1 aromatic rings. The molecule has 0 aliphatic heterocycles. The molecule has 0 saturated carbocycles. The van der Waals surface area contributed by atoms with E-state index in [-0.39, 0.29) is 17.4 Å². The van der Waals surface area contributed by atoms with Gasteiger partial charge in [0.15, 0.2) is 5.16 Å². The van der Waals surface area contributed by atoms with Crippen molar-refractivity contribution in [1.82, 2.24) is 14.9 Å². The summed E-state index contributed by atoms with van der Waals surface area (Å²) in [7, 11) is 3.98. The van der Waals surface area contributed by atoms with Crippen molar-refractivity contribution in [3.63, 3.8) is 0 Å². The van der Waals surface area contributed by atoms with Gasteiger partial charge in [0.2, 0.25) is 5.88 Å². The highest BCUT2D eigenvalue weighted by Crippen LogP contribution is 2.25. The van der Waals surface area contributed by atoms with E-state index in [1.807, 2.05) is 21.0 Å². The Labute approximate surface area is 118 Å². The number of nitrogens with zero attached hydrogens (tertiary/aromatic N) is 2. The highest BCUT2D eigenvalue weighted by Gasteiger charge is 2.17. The van der Waals surface area contributed by atoms with E-state index in [1.54, 1.807) is 0 Å². The van der Waals surface area contributed by atoms with E-state index in [0.29, 0.717) is 10.7 Å². The minimum atomic E-state index is -0.221. The quantitative estimate of drug-likeness (QED) is 0.592. The second-order valence-corrected chi connectivity index (χ2v) is 6.03. The Balaban J connectivity index is 2.82. The summed E-state index contributed by atoms with van der Waals surface area (Å²) in [5.41, 5.74) is 0.180. The first-order chi connectivity index (χ1) is 8.95. The molecule has 0 amide bonds. The molecular formula is C13H23N3O2S. The van der Waals surface area contributed by atoms with Crippen LogP contribution in [0.15, 0.2) is 9.95 Å². The molecule has 1 heterocycles. The van der Waals surface area contributed by atoms with Crippen molar-refractivity contribution < 1.29 is 5.11 Å². The monoisotopic (exact) mass is 285 g/mol. The van der Waals surface area contributed by atoms with Crippen molar-refractivity contribution >= 4 is 11.8 Å². The first kappa shape index (κ1) is 16.0. The van der Waals surface area contributed by atoms with Crippen molar-refractivity contribution in [1.29, 1.82) is 0 Å². The maximum atomic E-state index is 12.0. The van der Waals surface area contributed by atoms with Gasteiger partial charge in [-0.25, -0.2) is 0 Å². The lowest BCUT2D eigenvalue weighted by Crippen LogP contribution is -2.18. The van der Waals surface area contributed by atoms with Crippen LogP contribution in [-0.4, -0.2) is 46.4 Å². The third-order valence-electron chi connectivity index (χ3n) is 2.91. The molecule has 1 aromatic heterocycles. The van der Waals surface area contributed by atoms with E-state index in [2.05, 4.69) is 21.8 Å². The van der Waals surface area contributed by atoms with E-state index in [4.69, 9.17) is 0 Å². The lowest BCUT2D eigenvalue weighted by atomic mass is 9.99. The molecule has 0 aliphatic rings. The van der Waals surface area contributed by atoms with Gasteiger partial charge < -0.3 is 15.0 Å². The number of aromatic amines is 1. The number of thioether (sulfide) groups is 1. The van der Waals surface area contributed by atoms with Gasteiger partial charge in [0.05, 0.1) is 5.56 Å². The Bertz CT molecular complexity index is 460. The van der Waals surface area contributed by atoms with Crippen LogP contribution in [0.2, 0.25) is 0 Å². The maximum Gasteiger partial charge on any atom is 0.258 e. The number of nitrogens with one attached hydrogen (secondary N) is 1. The fourth-order valence-corrected chi connectivity index (χ4v) is 2.83. The minimum absolute atomic E-state index is 0.0297. The molecule has 108 valence electrons. The van der Waals surface area contributed by atoms with Crippen LogP contribution in [-0.2, 0) is 0 Å². The number of aromatic hydroxyl groups is 1. The van der Waals surface area contributed by atoms with Crippen molar-refractivity contribution in [2.24, 2.45) is 0 Å². The van der Waals surface area contributed by atoms with Gasteiger partial charge in [0.1, 0.15) is 0 Å². The Morgan fingerprint density at radius 3 is 2.68 bits per heavy atom. The van der Waals surface area contributed by atoms with Crippen LogP contribution in [0, 0.1) is 0 Å². The number of rotatable bonds is 7. The number of aromatic nitrogens is 2. The summed E-state index contributed by atoms with van der Waals surface area (Å²) >= 11 is 1.44. The normalized spacial score (nSPS) is 12.9. The number of hydrogen-bond donors (Lipinski definition) is 2. The van der Waals surface area contributed by atoms with Gasteiger partial charge in [-0.2, -0.15) is 4.98 Å². The predicted molar refractivity (Wildman–Crippen MR) is 79.1 cm³/mol. The highest BCUT2D eigenvalue weighted by atomic mass is 32.2. The van der Waals surface area contributed by atoms with Gasteiger partial charge in [-0.05, 0) is 26.4 Å². The van der Waals surface area contributed by atoms with Crippen LogP contribution in [0.1, 0.15) is 38.2 Å². The molecule has 6 heteroatoms. The first-order valence-corrected chi connectivity index (χ1v) is 7.55. The average molecular weight is 285 g/mol. The van der Waals surface area contributed by atoms with Crippen LogP contribution in [0.25, 0.3) is 0 Å². The molecule has 1 unspecified atom stereocenters. The Morgan fingerprint density at radius 2 is 2.16 bits per heavy atom. The molecule has 5 nitrogen and oxygen atoms in total. The average Bonchev–Trinajstić information content (AvgIpc) is 2.27. The smallest absolute Gasteiger partial charge is 0.258 e. The van der Waals surface area contributed by atoms with Crippen molar-refractivity contribution in [2.45, 2.75) is 37.8 Å². The molecule has 0 bridgehead atoms. The Hall–Kier alpha value is -1.01. The summed E-state index contributed by atoms with van der Waals surface area (Å²) in [5, 5.41) is 10.4. The van der Waals surface area contributed by atoms with E-state index in [9.17, 15) is 9.90 Å². The summed E-state index contributed by atoms with van der Waals surface area (Å²) < 4.78 is 0. The zero-order chi connectivity index (χ0) is 14.4. The van der Waals surface area contributed by atoms with Gasteiger partial charge in [-0.15, -0.1) is 0 Å². The second-order valence-electron chi connectivity index (χ2n) is 4.95. The maximum absolute atomic E-state index is 12.0. The van der Waals surface area contributed by atoms with E-state index >= 15 is 0 Å². The molecule has 1 atom stereocenters. The SMILES string of the molecule is CCCC(C)c1c(O)nc(SCCN(C)C)[nH]c1=O. The van der Waals surface area contributed by atoms with E-state index in [1.165, 1.54) is 11.8 Å². The van der Waals surface area contributed by atoms with Crippen molar-refractivity contribution in [3.05, 3.63) is 15.9 Å². The van der Waals surface area contributed by atoms with Gasteiger partial charge >= 0.3 is 0 Å². The largest absolute Gasteiger partial charge is 0.493 e. The molecule has 2 N–H and O–H groups in total. The molecule has 0 fully saturated rings. The first-order valence-electron chi connectivity index (χ1n) is 6.56. The fraction of sp³-hybridized carbons (Fsp3) is 0.692. The summed E-state index contributed by atoms with van der Waals surface area (Å²) in [6, 6.07) is 0. The molecule has 0 saturated heterocycles. The van der Waals surface area contributed by atoms with Crippen molar-refractivity contribution in [3.8, 4) is 5.88 Å². The predicted octanol–water partition coefficient (Wildman–Crippen LogP) is 2.03. The molecular weight excluding hydrogens is 262 g/mol. The molecule has 0 spiro atoms. The van der Waals surface area contributed by atoms with Gasteiger partial charge in [-0.1, -0.05) is 32.0 Å². The van der Waals surface area contributed by atoms with Gasteiger partial charge in [0, 0.05) is 12.3 Å². The van der Waals surface area contributed by atoms with Gasteiger partial charge in [-0.3, -0.25) is 4.79 Å². The van der Waals surface area contributed by atoms with E-state index < -0.39 is 0 Å². The number of H-pyrrole nitrogens is 1. The second kappa shape index (κ2) is 7.55. The van der Waals surface area contributed by atoms with Crippen LogP contribution in [0.3, 0.4) is 0 Å². The Kier molecular flexibility index (Phi) is 6.37. The Morgan fingerprint density at radius 1 is 1.47 bits per heavy atom. The summed E-state index contributed by atoms with van der Waals surface area (Å²) in [5.74, 6) is 0.721. The zero-order valence-electron chi connectivity index (χ0n) is 12.1. The summed E-state index contributed by atoms with van der Waals surface area (Å²) in [6.45, 7) is 4.89. The summed E-state index contributed by atoms with van der Waals surface area (Å²) in [6.07, 6.45) is 1.84. The van der Waals surface area contributed by atoms with Crippen LogP contribution < -0.4 is 5.56 Å². The highest BCUT2D eigenvalue weighted by molar-refractivity contribution is 7.99. The van der Waals surface area contributed by atoms with Crippen LogP contribution >= 0.6 is 11.8 Å². The van der Waals surface area contributed by atoms with Gasteiger partial charge in [0.25, 0.3) is 5.56 Å². The minimum Gasteiger partial charge on any atom is -0.493 e. The number of hydrogen-bond acceptors (Lipinski definition) is 5. The summed E-state index contributed by atoms with van der Waals surface area (Å²) in [4.78, 5) is 20.9. The van der Waals surface area contributed by atoms with Crippen molar-refractivity contribution in [2.75, 3.05) is 26.4 Å². The standard InChI is InChI=1S/C13H23N3O2S/c1-5-6-9(2)10-11(17)14-13(15-12(10)18)19-8-7-16(3)4/h9H,5-8H2,1-4H3,(H2,14,15,17,18). The van der Waals surface area contributed by atoms with E-state index in [0.717, 1.165) is 25.1 Å². The van der Waals surface area contributed by atoms with Crippen LogP contribution in [0.4, 0.5) is 0 Å². The lowest BCUT2D eigenvalue weighted by molar-refractivity contribution is 0.426. The zero-order valence-corrected chi connectivity index (χ0v) is 12.9. The fourth-order valence-electron chi connectivity index (χ4n) is 1.87. The lowest BCUT2D eigenvalue weighted by Gasteiger charge is -2.12. The third-order valence-corrected chi connectivity index (χ3v) is 3.76. The molecule has 19 heavy (non-hydrogen) atoms. The molecule has 0 aliphatic carbocycles. The van der Waals surface area contributed by atoms with Crippen LogP contribution in [0.5, 0.6) is 5.88 Å². The topological polar surface area (TPSA) is 69.2 Å². The third kappa shape index (κ3) is 4.87. The molecule has 0 aromatic carbocycles.